The monoisotopic (exact) mass is 229 g/mol. The summed E-state index contributed by atoms with van der Waals surface area (Å²) < 4.78 is 5.12. The number of Topliss-reactive ketones (excluding diaryl/α,β-unsaturated/α-hetero) is 1. The Balaban J connectivity index is 3.09. The van der Waals surface area contributed by atoms with E-state index in [1.54, 1.807) is 18.2 Å². The Hall–Kier alpha value is -1.92. The molecule has 17 heavy (non-hydrogen) atoms. The van der Waals surface area contributed by atoms with Crippen molar-refractivity contribution >= 4 is 18.2 Å². The molecule has 0 aliphatic rings. The van der Waals surface area contributed by atoms with Crippen LogP contribution in [0.15, 0.2) is 23.2 Å². The molecule has 0 radical (unpaired) electrons. The van der Waals surface area contributed by atoms with Crippen molar-refractivity contribution in [1.82, 2.24) is 0 Å². The minimum atomic E-state index is -0.0614. The van der Waals surface area contributed by atoms with E-state index in [2.05, 4.69) is 23.6 Å². The van der Waals surface area contributed by atoms with E-state index in [1.165, 1.54) is 6.92 Å². The normalized spacial score (nSPS) is 9.29. The molecule has 88 valence electrons. The first-order valence-electron chi connectivity index (χ1n) is 5.38. The van der Waals surface area contributed by atoms with E-state index < -0.39 is 0 Å². The summed E-state index contributed by atoms with van der Waals surface area (Å²) in [6.45, 7) is 7.84. The van der Waals surface area contributed by atoms with Gasteiger partial charge in [-0.05, 0) is 32.7 Å². The summed E-state index contributed by atoms with van der Waals surface area (Å²) in [5, 5.41) is 0. The van der Waals surface area contributed by atoms with Gasteiger partial charge in [0.25, 0.3) is 0 Å². The van der Waals surface area contributed by atoms with Crippen molar-refractivity contribution in [2.45, 2.75) is 13.8 Å². The van der Waals surface area contributed by atoms with E-state index in [1.807, 2.05) is 6.92 Å². The number of ketones is 1. The van der Waals surface area contributed by atoms with E-state index in [0.717, 1.165) is 0 Å². The van der Waals surface area contributed by atoms with Crippen LogP contribution < -0.4 is 0 Å². The van der Waals surface area contributed by atoms with Gasteiger partial charge in [-0.2, -0.15) is 0 Å². The van der Waals surface area contributed by atoms with Crippen molar-refractivity contribution in [3.05, 3.63) is 29.3 Å². The molecule has 0 aliphatic carbocycles. The SMILES string of the molecule is C=Nc1cccc(C#CCOCC)c1C(C)=O. The molecule has 0 aliphatic heterocycles. The van der Waals surface area contributed by atoms with Crippen LogP contribution in [-0.4, -0.2) is 25.7 Å². The molecule has 0 unspecified atom stereocenters. The van der Waals surface area contributed by atoms with Crippen molar-refractivity contribution in [2.24, 2.45) is 4.99 Å². The molecule has 0 N–H and O–H groups in total. The maximum atomic E-state index is 11.5. The lowest BCUT2D eigenvalue weighted by Gasteiger charge is -2.03. The summed E-state index contributed by atoms with van der Waals surface area (Å²) in [4.78, 5) is 15.4. The summed E-state index contributed by atoms with van der Waals surface area (Å²) in [6, 6.07) is 5.35. The average Bonchev–Trinajstić information content (AvgIpc) is 2.33. The molecule has 1 aromatic carbocycles. The molecule has 1 aromatic rings. The highest BCUT2D eigenvalue weighted by Gasteiger charge is 2.10. The summed E-state index contributed by atoms with van der Waals surface area (Å²) in [7, 11) is 0. The Morgan fingerprint density at radius 2 is 2.29 bits per heavy atom. The van der Waals surface area contributed by atoms with Gasteiger partial charge in [0, 0.05) is 12.2 Å². The lowest BCUT2D eigenvalue weighted by molar-refractivity contribution is 0.101. The molecule has 3 nitrogen and oxygen atoms in total. The number of carbonyl (C=O) groups excluding carboxylic acids is 1. The first-order chi connectivity index (χ1) is 8.20. The second kappa shape index (κ2) is 6.62. The molecule has 0 heterocycles. The van der Waals surface area contributed by atoms with Crippen LogP contribution in [0, 0.1) is 11.8 Å². The molecule has 0 saturated carbocycles. The number of benzene rings is 1. The molecule has 0 atom stereocenters. The minimum absolute atomic E-state index is 0.0614. The smallest absolute Gasteiger partial charge is 0.163 e. The predicted molar refractivity (Wildman–Crippen MR) is 69.0 cm³/mol. The number of nitrogens with zero attached hydrogens (tertiary/aromatic N) is 1. The predicted octanol–water partition coefficient (Wildman–Crippen LogP) is 2.61. The van der Waals surface area contributed by atoms with Crippen LogP contribution in [0.1, 0.15) is 29.8 Å². The Bertz CT molecular complexity index is 481. The van der Waals surface area contributed by atoms with Gasteiger partial charge in [0.05, 0.1) is 11.3 Å². The molecule has 0 saturated heterocycles. The lowest BCUT2D eigenvalue weighted by atomic mass is 10.0. The van der Waals surface area contributed by atoms with E-state index >= 15 is 0 Å². The van der Waals surface area contributed by atoms with Gasteiger partial charge < -0.3 is 4.74 Å². The number of aliphatic imine (C=N–C) groups is 1. The second-order valence-electron chi connectivity index (χ2n) is 3.35. The number of rotatable bonds is 4. The van der Waals surface area contributed by atoms with E-state index in [-0.39, 0.29) is 5.78 Å². The fourth-order valence-corrected chi connectivity index (χ4v) is 1.43. The van der Waals surface area contributed by atoms with Gasteiger partial charge in [-0.25, -0.2) is 0 Å². The van der Waals surface area contributed by atoms with Crippen molar-refractivity contribution in [3.8, 4) is 11.8 Å². The Morgan fingerprint density at radius 1 is 1.53 bits per heavy atom. The number of hydrogen-bond acceptors (Lipinski definition) is 3. The van der Waals surface area contributed by atoms with Gasteiger partial charge in [0.15, 0.2) is 5.78 Å². The van der Waals surface area contributed by atoms with Gasteiger partial charge in [0.2, 0.25) is 0 Å². The number of carbonyl (C=O) groups is 1. The zero-order valence-corrected chi connectivity index (χ0v) is 10.1. The summed E-state index contributed by atoms with van der Waals surface area (Å²) in [6.07, 6.45) is 0. The van der Waals surface area contributed by atoms with E-state index in [0.29, 0.717) is 30.0 Å². The van der Waals surface area contributed by atoms with Crippen molar-refractivity contribution < 1.29 is 9.53 Å². The number of ether oxygens (including phenoxy) is 1. The zero-order valence-electron chi connectivity index (χ0n) is 10.1. The Labute approximate surface area is 102 Å². The van der Waals surface area contributed by atoms with Crippen LogP contribution in [0.4, 0.5) is 5.69 Å². The molecule has 0 aromatic heterocycles. The fourth-order valence-electron chi connectivity index (χ4n) is 1.43. The topological polar surface area (TPSA) is 38.7 Å². The first kappa shape index (κ1) is 13.1. The summed E-state index contributed by atoms with van der Waals surface area (Å²) >= 11 is 0. The molecule has 1 rings (SSSR count). The second-order valence-corrected chi connectivity index (χ2v) is 3.35. The summed E-state index contributed by atoms with van der Waals surface area (Å²) in [5.74, 6) is 5.72. The van der Waals surface area contributed by atoms with Crippen molar-refractivity contribution in [2.75, 3.05) is 13.2 Å². The molecular weight excluding hydrogens is 214 g/mol. The minimum Gasteiger partial charge on any atom is -0.369 e. The molecule has 0 amide bonds. The van der Waals surface area contributed by atoms with E-state index in [4.69, 9.17) is 4.74 Å². The highest BCUT2D eigenvalue weighted by atomic mass is 16.5. The maximum Gasteiger partial charge on any atom is 0.163 e. The van der Waals surface area contributed by atoms with Crippen LogP contribution in [0.2, 0.25) is 0 Å². The Morgan fingerprint density at radius 3 is 2.88 bits per heavy atom. The highest BCUT2D eigenvalue weighted by Crippen LogP contribution is 2.22. The largest absolute Gasteiger partial charge is 0.369 e. The standard InChI is InChI=1S/C14H15NO2/c1-4-17-10-6-8-12-7-5-9-13(15-3)14(12)11(2)16/h5,7,9H,3-4,10H2,1-2H3. The van der Waals surface area contributed by atoms with Crippen molar-refractivity contribution in [1.29, 1.82) is 0 Å². The molecule has 3 heteroatoms. The zero-order chi connectivity index (χ0) is 12.7. The third kappa shape index (κ3) is 3.54. The van der Waals surface area contributed by atoms with Crippen LogP contribution in [0.5, 0.6) is 0 Å². The maximum absolute atomic E-state index is 11.5. The average molecular weight is 229 g/mol. The molecular formula is C14H15NO2. The molecule has 0 fully saturated rings. The molecule has 0 spiro atoms. The third-order valence-electron chi connectivity index (χ3n) is 2.17. The van der Waals surface area contributed by atoms with Crippen LogP contribution >= 0.6 is 0 Å². The quantitative estimate of drug-likeness (QED) is 0.344. The third-order valence-corrected chi connectivity index (χ3v) is 2.17. The Kier molecular flexibility index (Phi) is 5.12. The van der Waals surface area contributed by atoms with Gasteiger partial charge >= 0.3 is 0 Å². The highest BCUT2D eigenvalue weighted by molar-refractivity contribution is 6.01. The van der Waals surface area contributed by atoms with Gasteiger partial charge in [-0.15, -0.1) is 0 Å². The van der Waals surface area contributed by atoms with Crippen molar-refractivity contribution in [3.63, 3.8) is 0 Å². The van der Waals surface area contributed by atoms with Crippen LogP contribution in [-0.2, 0) is 4.74 Å². The first-order valence-corrected chi connectivity index (χ1v) is 5.38. The number of hydrogen-bond donors (Lipinski definition) is 0. The lowest BCUT2D eigenvalue weighted by Crippen LogP contribution is -1.97. The van der Waals surface area contributed by atoms with Crippen LogP contribution in [0.25, 0.3) is 0 Å². The fraction of sp³-hybridized carbons (Fsp3) is 0.286. The van der Waals surface area contributed by atoms with Gasteiger partial charge in [-0.3, -0.25) is 9.79 Å². The van der Waals surface area contributed by atoms with Gasteiger partial charge in [-0.1, -0.05) is 17.9 Å². The van der Waals surface area contributed by atoms with Gasteiger partial charge in [0.1, 0.15) is 6.61 Å². The van der Waals surface area contributed by atoms with Crippen LogP contribution in [0.3, 0.4) is 0 Å². The molecule has 0 bridgehead atoms. The van der Waals surface area contributed by atoms with E-state index in [9.17, 15) is 4.79 Å². The summed E-state index contributed by atoms with van der Waals surface area (Å²) in [5.41, 5.74) is 1.76.